The van der Waals surface area contributed by atoms with E-state index in [1.54, 1.807) is 13.0 Å². The number of aromatic nitrogens is 3. The molecule has 0 aliphatic rings. The zero-order valence-electron chi connectivity index (χ0n) is 8.02. The third kappa shape index (κ3) is 3.11. The highest BCUT2D eigenvalue weighted by Gasteiger charge is 2.09. The molecule has 0 saturated carbocycles. The second kappa shape index (κ2) is 5.39. The summed E-state index contributed by atoms with van der Waals surface area (Å²) in [5, 5.41) is 17.3. The molecule has 1 rings (SSSR count). The molecule has 0 saturated heterocycles. The van der Waals surface area contributed by atoms with Gasteiger partial charge in [0, 0.05) is 6.20 Å². The Hall–Kier alpha value is -2.36. The van der Waals surface area contributed by atoms with Crippen molar-refractivity contribution in [1.82, 2.24) is 15.2 Å². The monoisotopic (exact) mass is 207 g/mol. The Bertz CT molecular complexity index is 390. The minimum atomic E-state index is -0.674. The standard InChI is InChI=1S/C8H9N5O2/c1-2-15-7(14)6(3-9)4-10-8-11-5-12-13-8/h4-5H,2H2,1H3,(H2,10,11,12,13). The molecule has 0 atom stereocenters. The molecule has 0 aliphatic carbocycles. The van der Waals surface area contributed by atoms with E-state index in [1.807, 2.05) is 0 Å². The number of rotatable bonds is 4. The summed E-state index contributed by atoms with van der Waals surface area (Å²) in [5.74, 6) is -0.334. The van der Waals surface area contributed by atoms with Gasteiger partial charge in [0.1, 0.15) is 12.4 Å². The third-order valence-corrected chi connectivity index (χ3v) is 1.38. The number of nitrogens with zero attached hydrogens (tertiary/aromatic N) is 3. The second-order valence-electron chi connectivity index (χ2n) is 2.37. The van der Waals surface area contributed by atoms with Crippen molar-refractivity contribution in [3.63, 3.8) is 0 Å². The van der Waals surface area contributed by atoms with Crippen LogP contribution in [0.3, 0.4) is 0 Å². The molecule has 1 heterocycles. The predicted molar refractivity (Wildman–Crippen MR) is 50.3 cm³/mol. The maximum absolute atomic E-state index is 11.1. The Labute approximate surface area is 85.8 Å². The van der Waals surface area contributed by atoms with Crippen molar-refractivity contribution in [3.05, 3.63) is 18.1 Å². The van der Waals surface area contributed by atoms with Crippen LogP contribution in [0, 0.1) is 11.3 Å². The second-order valence-corrected chi connectivity index (χ2v) is 2.37. The number of nitriles is 1. The minimum absolute atomic E-state index is 0.131. The van der Waals surface area contributed by atoms with Gasteiger partial charge in [0.25, 0.3) is 0 Å². The maximum atomic E-state index is 11.1. The van der Waals surface area contributed by atoms with Crippen LogP contribution in [-0.2, 0) is 9.53 Å². The number of aromatic amines is 1. The van der Waals surface area contributed by atoms with Crippen LogP contribution >= 0.6 is 0 Å². The summed E-state index contributed by atoms with van der Waals surface area (Å²) < 4.78 is 4.65. The fourth-order valence-electron chi connectivity index (χ4n) is 0.761. The van der Waals surface area contributed by atoms with Gasteiger partial charge in [-0.3, -0.25) is 0 Å². The largest absolute Gasteiger partial charge is 0.462 e. The van der Waals surface area contributed by atoms with E-state index in [0.717, 1.165) is 0 Å². The minimum Gasteiger partial charge on any atom is -0.462 e. The molecule has 0 bridgehead atoms. The number of hydrogen-bond acceptors (Lipinski definition) is 6. The highest BCUT2D eigenvalue weighted by molar-refractivity contribution is 5.92. The van der Waals surface area contributed by atoms with E-state index in [9.17, 15) is 4.79 Å². The van der Waals surface area contributed by atoms with Crippen molar-refractivity contribution in [2.45, 2.75) is 6.92 Å². The SMILES string of the molecule is CCOC(=O)C(C#N)=CNc1ncn[nH]1. The molecule has 0 aromatic carbocycles. The summed E-state index contributed by atoms with van der Waals surface area (Å²) in [5.41, 5.74) is -0.131. The first kappa shape index (κ1) is 10.7. The van der Waals surface area contributed by atoms with E-state index >= 15 is 0 Å². The van der Waals surface area contributed by atoms with Crippen LogP contribution in [0.5, 0.6) is 0 Å². The van der Waals surface area contributed by atoms with Crippen molar-refractivity contribution >= 4 is 11.9 Å². The van der Waals surface area contributed by atoms with Crippen molar-refractivity contribution in [2.75, 3.05) is 11.9 Å². The van der Waals surface area contributed by atoms with Crippen molar-refractivity contribution in [2.24, 2.45) is 0 Å². The van der Waals surface area contributed by atoms with Crippen molar-refractivity contribution in [3.8, 4) is 6.07 Å². The van der Waals surface area contributed by atoms with Gasteiger partial charge in [-0.1, -0.05) is 0 Å². The molecule has 78 valence electrons. The fraction of sp³-hybridized carbons (Fsp3) is 0.250. The molecule has 1 aromatic rings. The molecule has 1 aromatic heterocycles. The summed E-state index contributed by atoms with van der Waals surface area (Å²) in [6.45, 7) is 1.89. The number of ether oxygens (including phenoxy) is 1. The number of H-pyrrole nitrogens is 1. The first-order chi connectivity index (χ1) is 7.27. The number of nitrogens with one attached hydrogen (secondary N) is 2. The fourth-order valence-corrected chi connectivity index (χ4v) is 0.761. The Morgan fingerprint density at radius 1 is 1.87 bits per heavy atom. The van der Waals surface area contributed by atoms with E-state index in [2.05, 4.69) is 25.2 Å². The van der Waals surface area contributed by atoms with Gasteiger partial charge in [-0.05, 0) is 6.92 Å². The molecule has 0 amide bonds. The number of anilines is 1. The van der Waals surface area contributed by atoms with E-state index in [-0.39, 0.29) is 12.2 Å². The summed E-state index contributed by atoms with van der Waals surface area (Å²) in [6, 6.07) is 1.71. The lowest BCUT2D eigenvalue weighted by Crippen LogP contribution is -2.08. The van der Waals surface area contributed by atoms with Crippen LogP contribution in [0.15, 0.2) is 18.1 Å². The van der Waals surface area contributed by atoms with E-state index in [1.165, 1.54) is 12.5 Å². The molecule has 15 heavy (non-hydrogen) atoms. The first-order valence-corrected chi connectivity index (χ1v) is 4.17. The molecule has 2 N–H and O–H groups in total. The lowest BCUT2D eigenvalue weighted by atomic mass is 10.3. The van der Waals surface area contributed by atoms with Gasteiger partial charge >= 0.3 is 5.97 Å². The summed E-state index contributed by atoms with van der Waals surface area (Å²) >= 11 is 0. The Balaban J connectivity index is 2.63. The molecule has 7 heteroatoms. The van der Waals surface area contributed by atoms with Crippen LogP contribution < -0.4 is 5.32 Å². The van der Waals surface area contributed by atoms with Gasteiger partial charge in [-0.15, -0.1) is 0 Å². The molecule has 0 spiro atoms. The van der Waals surface area contributed by atoms with Gasteiger partial charge in [-0.25, -0.2) is 9.89 Å². The normalized spacial score (nSPS) is 10.5. The highest BCUT2D eigenvalue weighted by atomic mass is 16.5. The van der Waals surface area contributed by atoms with Crippen molar-refractivity contribution < 1.29 is 9.53 Å². The van der Waals surface area contributed by atoms with Gasteiger partial charge in [0.15, 0.2) is 5.57 Å². The number of hydrogen-bond donors (Lipinski definition) is 2. The Kier molecular flexibility index (Phi) is 3.85. The quantitative estimate of drug-likeness (QED) is 0.415. The van der Waals surface area contributed by atoms with Crippen molar-refractivity contribution in [1.29, 1.82) is 5.26 Å². The summed E-state index contributed by atoms with van der Waals surface area (Å²) in [6.07, 6.45) is 2.51. The lowest BCUT2D eigenvalue weighted by Gasteiger charge is -1.99. The highest BCUT2D eigenvalue weighted by Crippen LogP contribution is 1.99. The smallest absolute Gasteiger partial charge is 0.350 e. The van der Waals surface area contributed by atoms with Crippen LogP contribution in [0.4, 0.5) is 5.95 Å². The zero-order valence-corrected chi connectivity index (χ0v) is 8.02. The average molecular weight is 207 g/mol. The van der Waals surface area contributed by atoms with E-state index < -0.39 is 5.97 Å². The Morgan fingerprint density at radius 3 is 3.20 bits per heavy atom. The van der Waals surface area contributed by atoms with Gasteiger partial charge < -0.3 is 10.1 Å². The molecular formula is C8H9N5O2. The van der Waals surface area contributed by atoms with Crippen LogP contribution in [0.2, 0.25) is 0 Å². The topological polar surface area (TPSA) is 104 Å². The van der Waals surface area contributed by atoms with Crippen LogP contribution in [0.1, 0.15) is 6.92 Å². The molecule has 0 aliphatic heterocycles. The number of carbonyl (C=O) groups is 1. The maximum Gasteiger partial charge on any atom is 0.350 e. The van der Waals surface area contributed by atoms with E-state index in [0.29, 0.717) is 5.95 Å². The lowest BCUT2D eigenvalue weighted by molar-refractivity contribution is -0.138. The first-order valence-electron chi connectivity index (χ1n) is 4.17. The molecule has 0 unspecified atom stereocenters. The molecule has 0 fully saturated rings. The molecular weight excluding hydrogens is 198 g/mol. The Morgan fingerprint density at radius 2 is 2.67 bits per heavy atom. The van der Waals surface area contributed by atoms with E-state index in [4.69, 9.17) is 5.26 Å². The van der Waals surface area contributed by atoms with Gasteiger partial charge in [-0.2, -0.15) is 15.3 Å². The average Bonchev–Trinajstić information content (AvgIpc) is 2.72. The van der Waals surface area contributed by atoms with Gasteiger partial charge in [0.05, 0.1) is 6.61 Å². The molecule has 7 nitrogen and oxygen atoms in total. The summed E-state index contributed by atoms with van der Waals surface area (Å²) in [7, 11) is 0. The zero-order chi connectivity index (χ0) is 11.1. The van der Waals surface area contributed by atoms with Crippen LogP contribution in [0.25, 0.3) is 0 Å². The summed E-state index contributed by atoms with van der Waals surface area (Å²) in [4.78, 5) is 14.9. The van der Waals surface area contributed by atoms with Crippen LogP contribution in [-0.4, -0.2) is 27.8 Å². The molecule has 0 radical (unpaired) electrons. The third-order valence-electron chi connectivity index (χ3n) is 1.38. The van der Waals surface area contributed by atoms with Gasteiger partial charge in [0.2, 0.25) is 5.95 Å². The number of esters is 1. The number of carbonyl (C=O) groups excluding carboxylic acids is 1. The predicted octanol–water partition coefficient (Wildman–Crippen LogP) is 0.187.